The van der Waals surface area contributed by atoms with Gasteiger partial charge in [-0.25, -0.2) is 5.10 Å². The van der Waals surface area contributed by atoms with E-state index >= 15 is 0 Å². The van der Waals surface area contributed by atoms with Crippen molar-refractivity contribution in [3.8, 4) is 28.6 Å². The molecule has 1 unspecified atom stereocenters. The van der Waals surface area contributed by atoms with Crippen LogP contribution in [0.4, 0.5) is 0 Å². The Morgan fingerprint density at radius 1 is 1.08 bits per heavy atom. The van der Waals surface area contributed by atoms with Crippen molar-refractivity contribution >= 4 is 0 Å². The Morgan fingerprint density at radius 2 is 1.96 bits per heavy atom. The first-order chi connectivity index (χ1) is 12.8. The quantitative estimate of drug-likeness (QED) is 0.658. The van der Waals surface area contributed by atoms with Crippen LogP contribution in [0.25, 0.3) is 11.4 Å². The van der Waals surface area contributed by atoms with Gasteiger partial charge in [-0.15, -0.1) is 5.10 Å². The lowest BCUT2D eigenvalue weighted by Gasteiger charge is -2.36. The molecule has 1 saturated heterocycles. The largest absolute Gasteiger partial charge is 0.504 e. The van der Waals surface area contributed by atoms with Crippen LogP contribution in [0.2, 0.25) is 0 Å². The third kappa shape index (κ3) is 2.43. The topological polar surface area (TPSA) is 95.9 Å². The van der Waals surface area contributed by atoms with Gasteiger partial charge in [0.05, 0.1) is 0 Å². The van der Waals surface area contributed by atoms with Gasteiger partial charge in [-0.05, 0) is 54.4 Å². The molecule has 26 heavy (non-hydrogen) atoms. The first kappa shape index (κ1) is 15.3. The Hall–Kier alpha value is -2.93. The average molecular weight is 349 g/mol. The van der Waals surface area contributed by atoms with Gasteiger partial charge >= 0.3 is 0 Å². The predicted molar refractivity (Wildman–Crippen MR) is 95.2 cm³/mol. The van der Waals surface area contributed by atoms with E-state index in [1.54, 1.807) is 6.07 Å². The molecule has 1 atom stereocenters. The molecule has 2 aliphatic rings. The van der Waals surface area contributed by atoms with Crippen molar-refractivity contribution in [2.24, 2.45) is 5.92 Å². The highest BCUT2D eigenvalue weighted by atomic mass is 16.5. The number of para-hydroxylation sites is 1. The lowest BCUT2D eigenvalue weighted by atomic mass is 9.74. The van der Waals surface area contributed by atoms with E-state index in [2.05, 4.69) is 38.1 Å². The first-order valence-electron chi connectivity index (χ1n) is 8.90. The number of rotatable bonds is 2. The van der Waals surface area contributed by atoms with E-state index in [4.69, 9.17) is 4.74 Å². The molecule has 7 nitrogen and oxygen atoms in total. The van der Waals surface area contributed by atoms with Crippen LogP contribution in [-0.4, -0.2) is 38.8 Å². The number of H-pyrrole nitrogens is 1. The number of benzene rings is 2. The number of piperidine rings is 1. The fraction of sp³-hybridized carbons (Fsp3) is 0.316. The highest BCUT2D eigenvalue weighted by Gasteiger charge is 2.35. The van der Waals surface area contributed by atoms with Gasteiger partial charge in [-0.3, -0.25) is 0 Å². The molecular formula is C19H19N5O2. The minimum absolute atomic E-state index is 0.179. The highest BCUT2D eigenvalue weighted by Crippen LogP contribution is 2.52. The normalized spacial score (nSPS) is 19.5. The minimum atomic E-state index is 0.179. The molecule has 1 aromatic heterocycles. The van der Waals surface area contributed by atoms with Gasteiger partial charge < -0.3 is 15.2 Å². The number of phenols is 1. The number of aromatic nitrogens is 4. The van der Waals surface area contributed by atoms with Crippen LogP contribution in [0.3, 0.4) is 0 Å². The van der Waals surface area contributed by atoms with E-state index in [1.165, 1.54) is 0 Å². The number of nitrogens with one attached hydrogen (secondary N) is 2. The summed E-state index contributed by atoms with van der Waals surface area (Å²) in [7, 11) is 0. The van der Waals surface area contributed by atoms with Crippen LogP contribution >= 0.6 is 0 Å². The molecule has 0 aliphatic carbocycles. The second-order valence-electron chi connectivity index (χ2n) is 6.87. The zero-order valence-corrected chi connectivity index (χ0v) is 14.1. The molecule has 3 aromatic rings. The summed E-state index contributed by atoms with van der Waals surface area (Å²) in [5.41, 5.74) is 3.08. The molecule has 3 heterocycles. The summed E-state index contributed by atoms with van der Waals surface area (Å²) >= 11 is 0. The van der Waals surface area contributed by atoms with Crippen LogP contribution in [0.15, 0.2) is 36.4 Å². The van der Waals surface area contributed by atoms with Gasteiger partial charge in [0.15, 0.2) is 17.3 Å². The Bertz CT molecular complexity index is 935. The number of aromatic hydroxyl groups is 1. The van der Waals surface area contributed by atoms with Gasteiger partial charge in [0.2, 0.25) is 0 Å². The summed E-state index contributed by atoms with van der Waals surface area (Å²) in [4.78, 5) is 0. The maximum Gasteiger partial charge on any atom is 0.179 e. The number of tetrazole rings is 1. The number of nitrogens with zero attached hydrogens (tertiary/aromatic N) is 3. The van der Waals surface area contributed by atoms with Crippen LogP contribution in [0.5, 0.6) is 17.2 Å². The average Bonchev–Trinajstić information content (AvgIpc) is 3.22. The highest BCUT2D eigenvalue weighted by molar-refractivity contribution is 5.64. The molecule has 0 amide bonds. The monoisotopic (exact) mass is 349 g/mol. The summed E-state index contributed by atoms with van der Waals surface area (Å²) in [5.74, 6) is 2.83. The predicted octanol–water partition coefficient (Wildman–Crippen LogP) is 2.81. The molecule has 7 heteroatoms. The van der Waals surface area contributed by atoms with Crippen LogP contribution in [0.1, 0.15) is 29.9 Å². The summed E-state index contributed by atoms with van der Waals surface area (Å²) < 4.78 is 6.12. The smallest absolute Gasteiger partial charge is 0.179 e. The summed E-state index contributed by atoms with van der Waals surface area (Å²) in [5, 5.41) is 27.8. The van der Waals surface area contributed by atoms with Crippen molar-refractivity contribution in [2.75, 3.05) is 13.1 Å². The Balaban J connectivity index is 1.64. The molecule has 0 saturated carbocycles. The van der Waals surface area contributed by atoms with Crippen molar-refractivity contribution in [3.63, 3.8) is 0 Å². The third-order valence-corrected chi connectivity index (χ3v) is 5.39. The van der Waals surface area contributed by atoms with Crippen molar-refractivity contribution in [3.05, 3.63) is 47.5 Å². The second kappa shape index (κ2) is 6.10. The Kier molecular flexibility index (Phi) is 3.60. The molecule has 3 N–H and O–H groups in total. The molecule has 2 aromatic carbocycles. The molecule has 2 aliphatic heterocycles. The number of phenolic OH excluding ortho intramolecular Hbond substituents is 1. The zero-order valence-electron chi connectivity index (χ0n) is 14.1. The fourth-order valence-electron chi connectivity index (χ4n) is 4.17. The molecule has 132 valence electrons. The molecule has 0 bridgehead atoms. The molecular weight excluding hydrogens is 330 g/mol. The molecule has 1 fully saturated rings. The van der Waals surface area contributed by atoms with Gasteiger partial charge in [-0.2, -0.15) is 0 Å². The second-order valence-corrected chi connectivity index (χ2v) is 6.87. The number of ether oxygens (including phenoxy) is 1. The Morgan fingerprint density at radius 3 is 2.77 bits per heavy atom. The SMILES string of the molecule is Oc1cccc2c1Oc1cc(-c3nnn[nH]3)ccc1C2C1CCNCC1. The molecule has 5 rings (SSSR count). The summed E-state index contributed by atoms with van der Waals surface area (Å²) in [6.45, 7) is 2.04. The molecule has 0 radical (unpaired) electrons. The number of hydrogen-bond donors (Lipinski definition) is 3. The van der Waals surface area contributed by atoms with E-state index in [1.807, 2.05) is 18.2 Å². The van der Waals surface area contributed by atoms with E-state index in [-0.39, 0.29) is 11.7 Å². The lowest BCUT2D eigenvalue weighted by molar-refractivity contribution is 0.315. The van der Waals surface area contributed by atoms with Crippen LogP contribution in [-0.2, 0) is 0 Å². The van der Waals surface area contributed by atoms with Gasteiger partial charge in [0.25, 0.3) is 0 Å². The number of hydrogen-bond acceptors (Lipinski definition) is 6. The van der Waals surface area contributed by atoms with E-state index < -0.39 is 0 Å². The van der Waals surface area contributed by atoms with Crippen molar-refractivity contribution in [2.45, 2.75) is 18.8 Å². The summed E-state index contributed by atoms with van der Waals surface area (Å²) in [6, 6.07) is 11.7. The van der Waals surface area contributed by atoms with Crippen molar-refractivity contribution in [1.29, 1.82) is 0 Å². The third-order valence-electron chi connectivity index (χ3n) is 5.39. The molecule has 0 spiro atoms. The van der Waals surface area contributed by atoms with Crippen LogP contribution in [0, 0.1) is 5.92 Å². The van der Waals surface area contributed by atoms with E-state index in [0.29, 0.717) is 17.5 Å². The Labute approximate surface area is 150 Å². The fourth-order valence-corrected chi connectivity index (χ4v) is 4.17. The lowest BCUT2D eigenvalue weighted by Crippen LogP contribution is -2.32. The maximum absolute atomic E-state index is 10.4. The summed E-state index contributed by atoms with van der Waals surface area (Å²) in [6.07, 6.45) is 2.21. The van der Waals surface area contributed by atoms with Gasteiger partial charge in [0.1, 0.15) is 5.75 Å². The zero-order chi connectivity index (χ0) is 17.5. The number of fused-ring (bicyclic) bond motifs is 2. The van der Waals surface area contributed by atoms with Gasteiger partial charge in [-0.1, -0.05) is 24.3 Å². The maximum atomic E-state index is 10.4. The minimum Gasteiger partial charge on any atom is -0.504 e. The van der Waals surface area contributed by atoms with Crippen molar-refractivity contribution in [1.82, 2.24) is 25.9 Å². The van der Waals surface area contributed by atoms with E-state index in [9.17, 15) is 5.11 Å². The van der Waals surface area contributed by atoms with Crippen LogP contribution < -0.4 is 10.1 Å². The number of aromatic amines is 1. The first-order valence-corrected chi connectivity index (χ1v) is 8.90. The standard InChI is InChI=1S/C19H19N5O2/c25-15-3-1-2-14-17(11-6-8-20-9-7-11)13-5-4-12(19-21-23-24-22-19)10-16(13)26-18(14)15/h1-5,10-11,17,20,25H,6-9H2,(H,21,22,23,24). The van der Waals surface area contributed by atoms with E-state index in [0.717, 1.165) is 48.4 Å². The van der Waals surface area contributed by atoms with Gasteiger partial charge in [0, 0.05) is 22.6 Å². The van der Waals surface area contributed by atoms with Crippen molar-refractivity contribution < 1.29 is 9.84 Å².